The lowest BCUT2D eigenvalue weighted by Gasteiger charge is -2.22. The largest absolute Gasteiger partial charge is 0.507 e. The van der Waals surface area contributed by atoms with Gasteiger partial charge >= 0.3 is 0 Å². The molecule has 0 unspecified atom stereocenters. The molecule has 0 bridgehead atoms. The fourth-order valence-corrected chi connectivity index (χ4v) is 2.91. The Morgan fingerprint density at radius 3 is 2.70 bits per heavy atom. The van der Waals surface area contributed by atoms with Crippen molar-refractivity contribution in [2.75, 3.05) is 7.11 Å². The molecular formula is C16H16O4. The number of ether oxygens (including phenoxy) is 1. The number of fused-ring (bicyclic) bond motifs is 2. The molecule has 2 N–H and O–H groups in total. The molecule has 104 valence electrons. The third-order valence-corrected chi connectivity index (χ3v) is 4.05. The Bertz CT molecular complexity index is 718. The molecule has 0 saturated carbocycles. The van der Waals surface area contributed by atoms with E-state index in [2.05, 4.69) is 0 Å². The second-order valence-electron chi connectivity index (χ2n) is 5.28. The van der Waals surface area contributed by atoms with E-state index in [1.165, 1.54) is 13.2 Å². The maximum absolute atomic E-state index is 12.3. The first-order valence-electron chi connectivity index (χ1n) is 6.63. The summed E-state index contributed by atoms with van der Waals surface area (Å²) in [6, 6.07) is 4.91. The van der Waals surface area contributed by atoms with Gasteiger partial charge in [-0.3, -0.25) is 4.79 Å². The summed E-state index contributed by atoms with van der Waals surface area (Å²) >= 11 is 0. The summed E-state index contributed by atoms with van der Waals surface area (Å²) in [5.41, 5.74) is 1.24. The highest BCUT2D eigenvalue weighted by Gasteiger charge is 2.29. The third-order valence-electron chi connectivity index (χ3n) is 4.05. The molecule has 2 aromatic rings. The number of carbonyl (C=O) groups excluding carboxylic acids is 1. The van der Waals surface area contributed by atoms with Crippen molar-refractivity contribution < 1.29 is 19.7 Å². The quantitative estimate of drug-likeness (QED) is 0.837. The number of methoxy groups -OCH3 is 1. The number of hydrogen-bond donors (Lipinski definition) is 2. The molecule has 0 heterocycles. The first kappa shape index (κ1) is 12.8. The molecular weight excluding hydrogens is 256 g/mol. The van der Waals surface area contributed by atoms with Gasteiger partial charge in [-0.25, -0.2) is 0 Å². The number of aromatic hydroxyl groups is 2. The van der Waals surface area contributed by atoms with E-state index in [4.69, 9.17) is 4.74 Å². The van der Waals surface area contributed by atoms with Crippen LogP contribution >= 0.6 is 0 Å². The Morgan fingerprint density at radius 2 is 2.00 bits per heavy atom. The second kappa shape index (κ2) is 4.40. The summed E-state index contributed by atoms with van der Waals surface area (Å²) in [4.78, 5) is 12.3. The highest BCUT2D eigenvalue weighted by Crippen LogP contribution is 2.43. The van der Waals surface area contributed by atoms with Crippen molar-refractivity contribution in [1.29, 1.82) is 0 Å². The van der Waals surface area contributed by atoms with Gasteiger partial charge in [-0.15, -0.1) is 0 Å². The molecule has 2 aromatic carbocycles. The molecule has 0 saturated heterocycles. The minimum Gasteiger partial charge on any atom is -0.507 e. The van der Waals surface area contributed by atoms with E-state index < -0.39 is 0 Å². The van der Waals surface area contributed by atoms with Gasteiger partial charge in [-0.05, 0) is 36.6 Å². The molecule has 20 heavy (non-hydrogen) atoms. The normalized spacial score (nSPS) is 18.1. The van der Waals surface area contributed by atoms with Gasteiger partial charge in [0.25, 0.3) is 0 Å². The van der Waals surface area contributed by atoms with Crippen molar-refractivity contribution in [2.45, 2.75) is 19.8 Å². The van der Waals surface area contributed by atoms with E-state index in [1.54, 1.807) is 6.07 Å². The summed E-state index contributed by atoms with van der Waals surface area (Å²) < 4.78 is 5.21. The predicted molar refractivity (Wildman–Crippen MR) is 75.6 cm³/mol. The molecule has 0 amide bonds. The van der Waals surface area contributed by atoms with Gasteiger partial charge < -0.3 is 14.9 Å². The van der Waals surface area contributed by atoms with Crippen molar-refractivity contribution in [1.82, 2.24) is 0 Å². The molecule has 1 aliphatic carbocycles. The van der Waals surface area contributed by atoms with Gasteiger partial charge in [0.2, 0.25) is 0 Å². The Kier molecular flexibility index (Phi) is 2.82. The van der Waals surface area contributed by atoms with Gasteiger partial charge in [0.1, 0.15) is 5.75 Å². The molecule has 4 heteroatoms. The van der Waals surface area contributed by atoms with E-state index in [1.807, 2.05) is 13.0 Å². The van der Waals surface area contributed by atoms with Crippen LogP contribution in [0, 0.1) is 5.92 Å². The number of hydrogen-bond acceptors (Lipinski definition) is 4. The predicted octanol–water partition coefficient (Wildman–Crippen LogP) is 3.02. The van der Waals surface area contributed by atoms with Crippen molar-refractivity contribution in [2.24, 2.45) is 5.92 Å². The Morgan fingerprint density at radius 1 is 1.25 bits per heavy atom. The topological polar surface area (TPSA) is 66.8 Å². The van der Waals surface area contributed by atoms with E-state index in [0.717, 1.165) is 18.4 Å². The van der Waals surface area contributed by atoms with E-state index in [9.17, 15) is 15.0 Å². The van der Waals surface area contributed by atoms with Crippen LogP contribution in [0.2, 0.25) is 0 Å². The third kappa shape index (κ3) is 1.64. The van der Waals surface area contributed by atoms with Gasteiger partial charge in [0.15, 0.2) is 17.3 Å². The molecule has 3 rings (SSSR count). The van der Waals surface area contributed by atoms with Crippen molar-refractivity contribution >= 4 is 16.6 Å². The number of phenolic OH excluding ortho intramolecular Hbond substituents is 2. The summed E-state index contributed by atoms with van der Waals surface area (Å²) in [5, 5.41) is 21.4. The average molecular weight is 272 g/mol. The number of rotatable bonds is 1. The van der Waals surface area contributed by atoms with Crippen molar-refractivity contribution in [3.63, 3.8) is 0 Å². The van der Waals surface area contributed by atoms with Crippen LogP contribution in [0.15, 0.2) is 18.2 Å². The van der Waals surface area contributed by atoms with Crippen LogP contribution < -0.4 is 4.74 Å². The lowest BCUT2D eigenvalue weighted by molar-refractivity contribution is 0.0911. The standard InChI is InChI=1S/C16H16O4/c1-8-3-4-9-7-11-10(15(19)13(9)14(8)18)5-6-12(17)16(11)20-2/h5-8,17,19H,3-4H2,1-2H3/t8-/m1/s1. The van der Waals surface area contributed by atoms with E-state index in [0.29, 0.717) is 22.1 Å². The zero-order valence-corrected chi connectivity index (χ0v) is 11.4. The highest BCUT2D eigenvalue weighted by atomic mass is 16.5. The summed E-state index contributed by atoms with van der Waals surface area (Å²) in [6.45, 7) is 1.88. The smallest absolute Gasteiger partial charge is 0.169 e. The fourth-order valence-electron chi connectivity index (χ4n) is 2.91. The van der Waals surface area contributed by atoms with Crippen LogP contribution in [0.3, 0.4) is 0 Å². The summed E-state index contributed by atoms with van der Waals surface area (Å²) in [6.07, 6.45) is 1.52. The Labute approximate surface area is 116 Å². The maximum Gasteiger partial charge on any atom is 0.169 e. The first-order valence-corrected chi connectivity index (χ1v) is 6.63. The van der Waals surface area contributed by atoms with Gasteiger partial charge in [0.05, 0.1) is 12.7 Å². The number of carbonyl (C=O) groups is 1. The number of aryl methyl sites for hydroxylation is 1. The number of benzene rings is 2. The van der Waals surface area contributed by atoms with Gasteiger partial charge in [-0.1, -0.05) is 6.92 Å². The number of ketones is 1. The average Bonchev–Trinajstić information content (AvgIpc) is 2.43. The molecule has 1 atom stereocenters. The highest BCUT2D eigenvalue weighted by molar-refractivity contribution is 6.09. The Balaban J connectivity index is 2.39. The van der Waals surface area contributed by atoms with Crippen LogP contribution in [-0.2, 0) is 6.42 Å². The SMILES string of the molecule is COc1c(O)ccc2c(O)c3c(cc12)CC[C@@H](C)C3=O. The minimum atomic E-state index is -0.0649. The first-order chi connectivity index (χ1) is 9.54. The van der Waals surface area contributed by atoms with Crippen LogP contribution in [0.25, 0.3) is 10.8 Å². The minimum absolute atomic E-state index is 0.00708. The van der Waals surface area contributed by atoms with Crippen LogP contribution in [0.5, 0.6) is 17.2 Å². The summed E-state index contributed by atoms with van der Waals surface area (Å²) in [7, 11) is 1.47. The van der Waals surface area contributed by atoms with Crippen LogP contribution in [0.1, 0.15) is 29.3 Å². The van der Waals surface area contributed by atoms with E-state index >= 15 is 0 Å². The molecule has 4 nitrogen and oxygen atoms in total. The van der Waals surface area contributed by atoms with Gasteiger partial charge in [-0.2, -0.15) is 0 Å². The zero-order chi connectivity index (χ0) is 14.4. The lowest BCUT2D eigenvalue weighted by Crippen LogP contribution is -2.20. The molecule has 1 aliphatic rings. The van der Waals surface area contributed by atoms with E-state index in [-0.39, 0.29) is 23.2 Å². The van der Waals surface area contributed by atoms with Crippen LogP contribution in [-0.4, -0.2) is 23.1 Å². The molecule has 0 aromatic heterocycles. The fraction of sp³-hybridized carbons (Fsp3) is 0.312. The number of Topliss-reactive ketones (excluding diaryl/α,β-unsaturated/α-hetero) is 1. The zero-order valence-electron chi connectivity index (χ0n) is 11.4. The van der Waals surface area contributed by atoms with Crippen molar-refractivity contribution in [3.05, 3.63) is 29.3 Å². The molecule has 0 radical (unpaired) electrons. The maximum atomic E-state index is 12.3. The van der Waals surface area contributed by atoms with Crippen molar-refractivity contribution in [3.8, 4) is 17.2 Å². The lowest BCUT2D eigenvalue weighted by atomic mass is 9.81. The Hall–Kier alpha value is -2.23. The van der Waals surface area contributed by atoms with Crippen LogP contribution in [0.4, 0.5) is 0 Å². The monoisotopic (exact) mass is 272 g/mol. The molecule has 0 fully saturated rings. The van der Waals surface area contributed by atoms with Gasteiger partial charge in [0, 0.05) is 16.7 Å². The summed E-state index contributed by atoms with van der Waals surface area (Å²) in [5.74, 6) is 0.261. The second-order valence-corrected chi connectivity index (χ2v) is 5.28. The number of phenols is 2. The molecule has 0 aliphatic heterocycles. The molecule has 0 spiro atoms.